The van der Waals surface area contributed by atoms with Crippen molar-refractivity contribution in [2.45, 2.75) is 20.3 Å². The van der Waals surface area contributed by atoms with Gasteiger partial charge in [-0.15, -0.1) is 0 Å². The van der Waals surface area contributed by atoms with Gasteiger partial charge in [-0.1, -0.05) is 48.0 Å². The van der Waals surface area contributed by atoms with E-state index in [4.69, 9.17) is 4.74 Å². The highest BCUT2D eigenvalue weighted by atomic mass is 79.9. The Kier molecular flexibility index (Phi) is 7.56. The summed E-state index contributed by atoms with van der Waals surface area (Å²) in [4.78, 5) is 0. The Morgan fingerprint density at radius 3 is 2.67 bits per heavy atom. The minimum absolute atomic E-state index is 0.557. The summed E-state index contributed by atoms with van der Waals surface area (Å²) in [5, 5.41) is 3.46. The maximum Gasteiger partial charge on any atom is 0.0491 e. The quantitative estimate of drug-likeness (QED) is 0.793. The zero-order valence-electron chi connectivity index (χ0n) is 11.6. The van der Waals surface area contributed by atoms with Crippen LogP contribution in [0.2, 0.25) is 0 Å². The molecule has 0 spiro atoms. The van der Waals surface area contributed by atoms with E-state index in [2.05, 4.69) is 59.4 Å². The standard InChI is InChI=1S/C15H24BrNO/c1-4-17-10-14(12(2)11-18-3)9-13-7-5-6-8-15(13)16/h5-8,12,14,17H,4,9-11H2,1-3H3. The summed E-state index contributed by atoms with van der Waals surface area (Å²) in [6.45, 7) is 7.30. The summed E-state index contributed by atoms with van der Waals surface area (Å²) < 4.78 is 6.50. The van der Waals surface area contributed by atoms with Crippen molar-refractivity contribution < 1.29 is 4.74 Å². The number of nitrogens with one attached hydrogen (secondary N) is 1. The summed E-state index contributed by atoms with van der Waals surface area (Å²) in [6, 6.07) is 8.47. The van der Waals surface area contributed by atoms with E-state index in [0.29, 0.717) is 11.8 Å². The molecule has 1 N–H and O–H groups in total. The van der Waals surface area contributed by atoms with E-state index in [0.717, 1.165) is 26.1 Å². The second-order valence-corrected chi connectivity index (χ2v) is 5.65. The topological polar surface area (TPSA) is 21.3 Å². The number of halogens is 1. The first kappa shape index (κ1) is 15.7. The molecule has 0 heterocycles. The molecule has 1 aromatic rings. The molecule has 0 amide bonds. The SMILES string of the molecule is CCNCC(Cc1ccccc1Br)C(C)COC. The van der Waals surface area contributed by atoms with Gasteiger partial charge in [0.05, 0.1) is 0 Å². The molecule has 0 aliphatic heterocycles. The fourth-order valence-corrected chi connectivity index (χ4v) is 2.60. The summed E-state index contributed by atoms with van der Waals surface area (Å²) in [6.07, 6.45) is 1.08. The number of ether oxygens (including phenoxy) is 1. The summed E-state index contributed by atoms with van der Waals surface area (Å²) in [5.74, 6) is 1.16. The van der Waals surface area contributed by atoms with Crippen LogP contribution in [0.1, 0.15) is 19.4 Å². The van der Waals surface area contributed by atoms with Gasteiger partial charge in [-0.25, -0.2) is 0 Å². The Bertz CT molecular complexity index is 343. The summed E-state index contributed by atoms with van der Waals surface area (Å²) in [5.41, 5.74) is 1.38. The molecule has 3 heteroatoms. The summed E-state index contributed by atoms with van der Waals surface area (Å²) in [7, 11) is 1.78. The minimum Gasteiger partial charge on any atom is -0.384 e. The first-order valence-corrected chi connectivity index (χ1v) is 7.41. The maximum atomic E-state index is 5.29. The average molecular weight is 314 g/mol. The molecule has 0 aliphatic rings. The molecule has 2 nitrogen and oxygen atoms in total. The van der Waals surface area contributed by atoms with Crippen LogP contribution in [0, 0.1) is 11.8 Å². The Labute approximate surface area is 119 Å². The van der Waals surface area contributed by atoms with Crippen LogP contribution >= 0.6 is 15.9 Å². The zero-order chi connectivity index (χ0) is 13.4. The van der Waals surface area contributed by atoms with Gasteiger partial charge in [-0.2, -0.15) is 0 Å². The molecule has 1 aromatic carbocycles. The summed E-state index contributed by atoms with van der Waals surface area (Å²) >= 11 is 3.63. The van der Waals surface area contributed by atoms with Crippen molar-refractivity contribution in [1.29, 1.82) is 0 Å². The second kappa shape index (κ2) is 8.68. The van der Waals surface area contributed by atoms with Crippen molar-refractivity contribution in [2.75, 3.05) is 26.8 Å². The predicted octanol–water partition coefficient (Wildman–Crippen LogP) is 3.50. The van der Waals surface area contributed by atoms with Crippen LogP contribution in [0.4, 0.5) is 0 Å². The number of methoxy groups -OCH3 is 1. The van der Waals surface area contributed by atoms with E-state index in [1.807, 2.05) is 0 Å². The molecule has 0 saturated carbocycles. The van der Waals surface area contributed by atoms with Gasteiger partial charge in [-0.05, 0) is 43.0 Å². The lowest BCUT2D eigenvalue weighted by Crippen LogP contribution is -2.30. The number of rotatable bonds is 8. The van der Waals surface area contributed by atoms with E-state index < -0.39 is 0 Å². The highest BCUT2D eigenvalue weighted by Crippen LogP contribution is 2.23. The largest absolute Gasteiger partial charge is 0.384 e. The van der Waals surface area contributed by atoms with Gasteiger partial charge in [0, 0.05) is 18.2 Å². The van der Waals surface area contributed by atoms with Crippen molar-refractivity contribution in [3.8, 4) is 0 Å². The van der Waals surface area contributed by atoms with Crippen molar-refractivity contribution in [3.63, 3.8) is 0 Å². The Morgan fingerprint density at radius 2 is 2.06 bits per heavy atom. The van der Waals surface area contributed by atoms with Gasteiger partial charge < -0.3 is 10.1 Å². The molecule has 0 bridgehead atoms. The lowest BCUT2D eigenvalue weighted by molar-refractivity contribution is 0.128. The van der Waals surface area contributed by atoms with Crippen molar-refractivity contribution in [1.82, 2.24) is 5.32 Å². The van der Waals surface area contributed by atoms with Gasteiger partial charge in [0.2, 0.25) is 0 Å². The van der Waals surface area contributed by atoms with E-state index >= 15 is 0 Å². The van der Waals surface area contributed by atoms with Gasteiger partial charge in [0.25, 0.3) is 0 Å². The van der Waals surface area contributed by atoms with Gasteiger partial charge in [-0.3, -0.25) is 0 Å². The molecule has 2 atom stereocenters. The number of hydrogen-bond donors (Lipinski definition) is 1. The van der Waals surface area contributed by atoms with E-state index in [1.165, 1.54) is 10.0 Å². The highest BCUT2D eigenvalue weighted by Gasteiger charge is 2.18. The molecule has 0 saturated heterocycles. The molecular weight excluding hydrogens is 290 g/mol. The lowest BCUT2D eigenvalue weighted by atomic mass is 9.88. The fourth-order valence-electron chi connectivity index (χ4n) is 2.15. The van der Waals surface area contributed by atoms with E-state index in [9.17, 15) is 0 Å². The molecule has 18 heavy (non-hydrogen) atoms. The Morgan fingerprint density at radius 1 is 1.33 bits per heavy atom. The van der Waals surface area contributed by atoms with E-state index in [-0.39, 0.29) is 0 Å². The van der Waals surface area contributed by atoms with Crippen molar-refractivity contribution >= 4 is 15.9 Å². The van der Waals surface area contributed by atoms with Crippen LogP contribution < -0.4 is 5.32 Å². The molecule has 2 unspecified atom stereocenters. The highest BCUT2D eigenvalue weighted by molar-refractivity contribution is 9.10. The van der Waals surface area contributed by atoms with Gasteiger partial charge in [0.1, 0.15) is 0 Å². The van der Waals surface area contributed by atoms with Crippen LogP contribution in [0.5, 0.6) is 0 Å². The van der Waals surface area contributed by atoms with Crippen molar-refractivity contribution in [2.24, 2.45) is 11.8 Å². The van der Waals surface area contributed by atoms with E-state index in [1.54, 1.807) is 7.11 Å². The number of hydrogen-bond acceptors (Lipinski definition) is 2. The molecular formula is C15H24BrNO. The zero-order valence-corrected chi connectivity index (χ0v) is 13.2. The smallest absolute Gasteiger partial charge is 0.0491 e. The molecule has 0 radical (unpaired) electrons. The first-order valence-electron chi connectivity index (χ1n) is 6.62. The monoisotopic (exact) mass is 313 g/mol. The molecule has 1 rings (SSSR count). The molecule has 102 valence electrons. The van der Waals surface area contributed by atoms with Crippen LogP contribution in [0.15, 0.2) is 28.7 Å². The second-order valence-electron chi connectivity index (χ2n) is 4.80. The third-order valence-corrected chi connectivity index (χ3v) is 4.10. The van der Waals surface area contributed by atoms with Gasteiger partial charge >= 0.3 is 0 Å². The Hall–Kier alpha value is -0.380. The first-order chi connectivity index (χ1) is 8.69. The molecule has 0 aliphatic carbocycles. The predicted molar refractivity (Wildman–Crippen MR) is 80.9 cm³/mol. The fraction of sp³-hybridized carbons (Fsp3) is 0.600. The molecule has 0 aromatic heterocycles. The number of benzene rings is 1. The van der Waals surface area contributed by atoms with Crippen LogP contribution in [0.25, 0.3) is 0 Å². The normalized spacial score (nSPS) is 14.4. The van der Waals surface area contributed by atoms with Gasteiger partial charge in [0.15, 0.2) is 0 Å². The van der Waals surface area contributed by atoms with Crippen molar-refractivity contribution in [3.05, 3.63) is 34.3 Å². The van der Waals surface area contributed by atoms with Crippen LogP contribution in [-0.4, -0.2) is 26.8 Å². The third kappa shape index (κ3) is 5.09. The molecule has 0 fully saturated rings. The average Bonchev–Trinajstić information content (AvgIpc) is 2.36. The van der Waals surface area contributed by atoms with Crippen LogP contribution in [-0.2, 0) is 11.2 Å². The van der Waals surface area contributed by atoms with Crippen LogP contribution in [0.3, 0.4) is 0 Å². The minimum atomic E-state index is 0.557. The lowest BCUT2D eigenvalue weighted by Gasteiger charge is -2.24. The third-order valence-electron chi connectivity index (χ3n) is 3.33. The maximum absolute atomic E-state index is 5.29. The Balaban J connectivity index is 2.68.